The number of ether oxygens (including phenoxy) is 1. The summed E-state index contributed by atoms with van der Waals surface area (Å²) in [6.07, 6.45) is 0.502. The maximum absolute atomic E-state index is 12.7. The Kier molecular flexibility index (Phi) is 6.20. The Morgan fingerprint density at radius 3 is 2.30 bits per heavy atom. The molecule has 30 heavy (non-hydrogen) atoms. The molecule has 0 unspecified atom stereocenters. The summed E-state index contributed by atoms with van der Waals surface area (Å²) < 4.78 is 5.08. The number of rotatable bonds is 6. The number of benzene rings is 2. The predicted molar refractivity (Wildman–Crippen MR) is 122 cm³/mol. The molecule has 0 spiro atoms. The van der Waals surface area contributed by atoms with Crippen LogP contribution in [-0.4, -0.2) is 31.1 Å². The first kappa shape index (κ1) is 21.9. The number of nitrogens with zero attached hydrogens (tertiary/aromatic N) is 2. The number of hydrogen-bond donors (Lipinski definition) is 0. The molecule has 0 saturated heterocycles. The summed E-state index contributed by atoms with van der Waals surface area (Å²) in [5, 5.41) is 0. The van der Waals surface area contributed by atoms with Gasteiger partial charge in [-0.3, -0.25) is 4.79 Å². The van der Waals surface area contributed by atoms with Crippen molar-refractivity contribution in [1.29, 1.82) is 0 Å². The van der Waals surface area contributed by atoms with E-state index in [2.05, 4.69) is 57.7 Å². The first-order chi connectivity index (χ1) is 14.2. The fourth-order valence-electron chi connectivity index (χ4n) is 4.21. The molecule has 2 aromatic rings. The van der Waals surface area contributed by atoms with Crippen molar-refractivity contribution in [3.05, 3.63) is 53.6 Å². The van der Waals surface area contributed by atoms with E-state index in [9.17, 15) is 9.59 Å². The van der Waals surface area contributed by atoms with Gasteiger partial charge in [0.25, 0.3) is 0 Å². The first-order valence-electron chi connectivity index (χ1n) is 10.7. The fraction of sp³-hybridized carbons (Fsp3) is 0.440. The summed E-state index contributed by atoms with van der Waals surface area (Å²) in [5.74, 6) is -0.127. The van der Waals surface area contributed by atoms with Gasteiger partial charge in [-0.25, -0.2) is 4.79 Å². The minimum absolute atomic E-state index is 0.121. The quantitative estimate of drug-likeness (QED) is 0.597. The van der Waals surface area contributed by atoms with Crippen molar-refractivity contribution in [2.45, 2.75) is 59.4 Å². The van der Waals surface area contributed by atoms with E-state index in [4.69, 9.17) is 4.74 Å². The van der Waals surface area contributed by atoms with E-state index in [0.29, 0.717) is 18.6 Å². The van der Waals surface area contributed by atoms with Crippen LogP contribution in [0.4, 0.5) is 17.1 Å². The third-order valence-electron chi connectivity index (χ3n) is 5.67. The van der Waals surface area contributed by atoms with Crippen LogP contribution < -0.4 is 9.80 Å². The molecule has 0 bridgehead atoms. The van der Waals surface area contributed by atoms with Gasteiger partial charge in [0.1, 0.15) is 0 Å². The van der Waals surface area contributed by atoms with E-state index >= 15 is 0 Å². The molecule has 2 aromatic carbocycles. The molecular formula is C25H32N2O3. The maximum atomic E-state index is 12.7. The minimum Gasteiger partial charge on any atom is -0.462 e. The molecule has 1 amide bonds. The number of fused-ring (bicyclic) bond motifs is 1. The molecule has 0 saturated carbocycles. The molecule has 0 aromatic heterocycles. The zero-order valence-electron chi connectivity index (χ0n) is 18.9. The average Bonchev–Trinajstić information content (AvgIpc) is 2.69. The van der Waals surface area contributed by atoms with E-state index in [1.807, 2.05) is 17.0 Å². The summed E-state index contributed by atoms with van der Waals surface area (Å²) in [6.45, 7) is 13.4. The summed E-state index contributed by atoms with van der Waals surface area (Å²) >= 11 is 0. The lowest BCUT2D eigenvalue weighted by Crippen LogP contribution is -2.45. The van der Waals surface area contributed by atoms with Crippen molar-refractivity contribution >= 4 is 28.9 Å². The lowest BCUT2D eigenvalue weighted by Gasteiger charge is -2.41. The van der Waals surface area contributed by atoms with Crippen LogP contribution in [0.3, 0.4) is 0 Å². The van der Waals surface area contributed by atoms with Crippen molar-refractivity contribution < 1.29 is 14.3 Å². The summed E-state index contributed by atoms with van der Waals surface area (Å²) in [7, 11) is 0. The van der Waals surface area contributed by atoms with Crippen molar-refractivity contribution in [3.63, 3.8) is 0 Å². The lowest BCUT2D eigenvalue weighted by molar-refractivity contribution is -0.120. The van der Waals surface area contributed by atoms with Gasteiger partial charge in [-0.2, -0.15) is 0 Å². The molecule has 0 atom stereocenters. The zero-order chi connectivity index (χ0) is 22.1. The van der Waals surface area contributed by atoms with Crippen LogP contribution in [0.25, 0.3) is 0 Å². The second-order valence-electron chi connectivity index (χ2n) is 8.63. The van der Waals surface area contributed by atoms with E-state index in [0.717, 1.165) is 23.6 Å². The molecule has 0 aliphatic carbocycles. The number of carbonyl (C=O) groups excluding carboxylic acids is 2. The van der Waals surface area contributed by atoms with Gasteiger partial charge in [0.05, 0.1) is 12.2 Å². The highest BCUT2D eigenvalue weighted by atomic mass is 16.5. The third-order valence-corrected chi connectivity index (χ3v) is 5.67. The van der Waals surface area contributed by atoms with Gasteiger partial charge in [-0.15, -0.1) is 0 Å². The second kappa shape index (κ2) is 8.50. The second-order valence-corrected chi connectivity index (χ2v) is 8.63. The lowest BCUT2D eigenvalue weighted by atomic mass is 9.76. The number of esters is 1. The topological polar surface area (TPSA) is 49.9 Å². The highest BCUT2D eigenvalue weighted by Gasteiger charge is 2.38. The van der Waals surface area contributed by atoms with Gasteiger partial charge in [0.15, 0.2) is 0 Å². The van der Waals surface area contributed by atoms with Crippen LogP contribution in [0.1, 0.15) is 63.9 Å². The average molecular weight is 409 g/mol. The number of amides is 1. The number of hydrogen-bond acceptors (Lipinski definition) is 4. The largest absolute Gasteiger partial charge is 0.462 e. The van der Waals surface area contributed by atoms with Gasteiger partial charge in [-0.05, 0) is 75.7 Å². The van der Waals surface area contributed by atoms with E-state index < -0.39 is 0 Å². The SMILES string of the molecule is CCOC(=O)c1ccc(N(CC)c2ccc3c(c2)C(C)(C)CC(=O)N3C(C)C)cc1. The van der Waals surface area contributed by atoms with Gasteiger partial charge in [-0.1, -0.05) is 13.8 Å². The van der Waals surface area contributed by atoms with E-state index in [-0.39, 0.29) is 23.3 Å². The third kappa shape index (κ3) is 4.07. The number of carbonyl (C=O) groups is 2. The molecule has 5 nitrogen and oxygen atoms in total. The Balaban J connectivity index is 1.99. The summed E-state index contributed by atoms with van der Waals surface area (Å²) in [4.78, 5) is 28.8. The Labute approximate surface area is 179 Å². The molecule has 3 rings (SSSR count). The van der Waals surface area contributed by atoms with Crippen molar-refractivity contribution in [1.82, 2.24) is 0 Å². The molecule has 1 aliphatic heterocycles. The van der Waals surface area contributed by atoms with Crippen LogP contribution in [-0.2, 0) is 14.9 Å². The number of anilines is 3. The monoisotopic (exact) mass is 408 g/mol. The highest BCUT2D eigenvalue weighted by molar-refractivity contribution is 5.98. The van der Waals surface area contributed by atoms with Crippen LogP contribution in [0.2, 0.25) is 0 Å². The normalized spacial score (nSPS) is 15.2. The first-order valence-corrected chi connectivity index (χ1v) is 10.7. The molecule has 0 fully saturated rings. The van der Waals surface area contributed by atoms with Crippen LogP contribution in [0, 0.1) is 0 Å². The minimum atomic E-state index is -0.305. The van der Waals surface area contributed by atoms with Crippen LogP contribution >= 0.6 is 0 Å². The molecule has 1 heterocycles. The summed E-state index contributed by atoms with van der Waals surface area (Å²) in [5.41, 5.74) is 4.61. The highest BCUT2D eigenvalue weighted by Crippen LogP contribution is 2.43. The van der Waals surface area contributed by atoms with Gasteiger partial charge in [0, 0.05) is 41.5 Å². The van der Waals surface area contributed by atoms with Gasteiger partial charge < -0.3 is 14.5 Å². The molecular weight excluding hydrogens is 376 g/mol. The van der Waals surface area contributed by atoms with Crippen molar-refractivity contribution in [2.24, 2.45) is 0 Å². The molecule has 1 aliphatic rings. The van der Waals surface area contributed by atoms with Crippen molar-refractivity contribution in [2.75, 3.05) is 23.0 Å². The molecule has 0 radical (unpaired) electrons. The van der Waals surface area contributed by atoms with E-state index in [1.165, 1.54) is 5.56 Å². The zero-order valence-corrected chi connectivity index (χ0v) is 18.9. The molecule has 0 N–H and O–H groups in total. The van der Waals surface area contributed by atoms with Gasteiger partial charge >= 0.3 is 5.97 Å². The summed E-state index contributed by atoms with van der Waals surface area (Å²) in [6, 6.07) is 14.0. The Morgan fingerprint density at radius 2 is 1.73 bits per heavy atom. The Morgan fingerprint density at radius 1 is 1.10 bits per heavy atom. The standard InChI is InChI=1S/C25H32N2O3/c1-7-26(19-11-9-18(10-12-19)24(29)30-8-2)20-13-14-22-21(15-20)25(5,6)16-23(28)27(22)17(3)4/h9-15,17H,7-8,16H2,1-6H3. The van der Waals surface area contributed by atoms with E-state index in [1.54, 1.807) is 19.1 Å². The molecule has 160 valence electrons. The Hall–Kier alpha value is -2.82. The maximum Gasteiger partial charge on any atom is 0.338 e. The fourth-order valence-corrected chi connectivity index (χ4v) is 4.21. The van der Waals surface area contributed by atoms with Crippen molar-refractivity contribution in [3.8, 4) is 0 Å². The van der Waals surface area contributed by atoms with Gasteiger partial charge in [0.2, 0.25) is 5.91 Å². The predicted octanol–water partition coefficient (Wildman–Crippen LogP) is 5.44. The van der Waals surface area contributed by atoms with Crippen LogP contribution in [0.15, 0.2) is 42.5 Å². The smallest absolute Gasteiger partial charge is 0.338 e. The molecule has 5 heteroatoms. The Bertz CT molecular complexity index is 932. The van der Waals surface area contributed by atoms with Crippen LogP contribution in [0.5, 0.6) is 0 Å².